The van der Waals surface area contributed by atoms with Crippen LogP contribution in [0.1, 0.15) is 24.2 Å². The summed E-state index contributed by atoms with van der Waals surface area (Å²) in [5, 5.41) is 11.7. The number of rotatable bonds is 4. The monoisotopic (exact) mass is 219 g/mol. The van der Waals surface area contributed by atoms with E-state index in [2.05, 4.69) is 5.32 Å². The summed E-state index contributed by atoms with van der Waals surface area (Å²) in [7, 11) is 0. The lowest BCUT2D eigenvalue weighted by atomic mass is 10.2. The fraction of sp³-hybridized carbons (Fsp3) is 0.167. The summed E-state index contributed by atoms with van der Waals surface area (Å²) >= 11 is 0. The van der Waals surface area contributed by atoms with Crippen LogP contribution in [0.4, 0.5) is 5.69 Å². The number of anilines is 1. The number of aromatic carboxylic acids is 1. The summed E-state index contributed by atoms with van der Waals surface area (Å²) < 4.78 is 0. The van der Waals surface area contributed by atoms with E-state index in [9.17, 15) is 9.59 Å². The van der Waals surface area contributed by atoms with Crippen LogP contribution in [0.15, 0.2) is 36.0 Å². The van der Waals surface area contributed by atoms with Crippen molar-refractivity contribution >= 4 is 17.4 Å². The van der Waals surface area contributed by atoms with Crippen LogP contribution in [0.2, 0.25) is 0 Å². The van der Waals surface area contributed by atoms with Gasteiger partial charge in [0.25, 0.3) is 0 Å². The predicted octanol–water partition coefficient (Wildman–Crippen LogP) is 2.29. The summed E-state index contributed by atoms with van der Waals surface area (Å²) in [6.07, 6.45) is 1.48. The van der Waals surface area contributed by atoms with Gasteiger partial charge in [0.15, 0.2) is 5.78 Å². The number of nitrogens with one attached hydrogen (secondary N) is 1. The number of ketones is 1. The minimum absolute atomic E-state index is 0.0350. The molecule has 0 saturated carbocycles. The van der Waals surface area contributed by atoms with Gasteiger partial charge in [0, 0.05) is 11.4 Å². The number of hydrogen-bond acceptors (Lipinski definition) is 3. The molecule has 0 aliphatic rings. The van der Waals surface area contributed by atoms with E-state index in [1.165, 1.54) is 25.1 Å². The van der Waals surface area contributed by atoms with Crippen molar-refractivity contribution in [1.82, 2.24) is 0 Å². The lowest BCUT2D eigenvalue weighted by molar-refractivity contribution is -0.112. The van der Waals surface area contributed by atoms with E-state index >= 15 is 0 Å². The largest absolute Gasteiger partial charge is 0.478 e. The molecule has 1 rings (SSSR count). The molecule has 0 bridgehead atoms. The summed E-state index contributed by atoms with van der Waals surface area (Å²) in [6, 6.07) is 6.32. The molecule has 0 heterocycles. The van der Waals surface area contributed by atoms with Crippen LogP contribution in [0.5, 0.6) is 0 Å². The zero-order valence-electron chi connectivity index (χ0n) is 9.15. The minimum Gasteiger partial charge on any atom is -0.478 e. The molecule has 4 heteroatoms. The number of allylic oxidation sites excluding steroid dienone is 2. The third-order valence-corrected chi connectivity index (χ3v) is 1.89. The Labute approximate surface area is 93.6 Å². The molecule has 84 valence electrons. The van der Waals surface area contributed by atoms with Crippen molar-refractivity contribution in [2.75, 3.05) is 5.32 Å². The zero-order chi connectivity index (χ0) is 12.1. The number of benzene rings is 1. The summed E-state index contributed by atoms with van der Waals surface area (Å²) in [5.74, 6) is -0.991. The molecule has 0 spiro atoms. The molecular weight excluding hydrogens is 206 g/mol. The van der Waals surface area contributed by atoms with Gasteiger partial charge in [-0.15, -0.1) is 0 Å². The lowest BCUT2D eigenvalue weighted by Gasteiger charge is -2.06. The highest BCUT2D eigenvalue weighted by atomic mass is 16.4. The fourth-order valence-electron chi connectivity index (χ4n) is 1.26. The van der Waals surface area contributed by atoms with Gasteiger partial charge in [0.05, 0.1) is 5.56 Å². The number of carbonyl (C=O) groups is 2. The highest BCUT2D eigenvalue weighted by Crippen LogP contribution is 2.11. The highest BCUT2D eigenvalue weighted by molar-refractivity contribution is 5.89. The minimum atomic E-state index is -0.956. The Hall–Kier alpha value is -2.10. The first-order valence-corrected chi connectivity index (χ1v) is 4.78. The predicted molar refractivity (Wildman–Crippen MR) is 61.5 cm³/mol. The maximum Gasteiger partial charge on any atom is 0.335 e. The Kier molecular flexibility index (Phi) is 3.83. The van der Waals surface area contributed by atoms with Crippen molar-refractivity contribution < 1.29 is 14.7 Å². The average molecular weight is 219 g/mol. The second-order valence-electron chi connectivity index (χ2n) is 3.45. The van der Waals surface area contributed by atoms with Crippen LogP contribution >= 0.6 is 0 Å². The molecule has 2 N–H and O–H groups in total. The molecule has 0 radical (unpaired) electrons. The maximum absolute atomic E-state index is 10.8. The van der Waals surface area contributed by atoms with Crippen LogP contribution in [0.25, 0.3) is 0 Å². The number of hydrogen-bond donors (Lipinski definition) is 2. The van der Waals surface area contributed by atoms with Gasteiger partial charge in [0.1, 0.15) is 0 Å². The molecule has 16 heavy (non-hydrogen) atoms. The Bertz CT molecular complexity index is 432. The Balaban J connectivity index is 2.76. The van der Waals surface area contributed by atoms with Gasteiger partial charge in [-0.3, -0.25) is 4.79 Å². The van der Waals surface area contributed by atoms with Crippen LogP contribution in [-0.2, 0) is 4.79 Å². The van der Waals surface area contributed by atoms with E-state index in [0.29, 0.717) is 0 Å². The second-order valence-corrected chi connectivity index (χ2v) is 3.45. The van der Waals surface area contributed by atoms with E-state index in [1.54, 1.807) is 19.1 Å². The van der Waals surface area contributed by atoms with E-state index in [0.717, 1.165) is 11.4 Å². The quantitative estimate of drug-likeness (QED) is 0.762. The first kappa shape index (κ1) is 12.0. The van der Waals surface area contributed by atoms with Crippen LogP contribution in [0, 0.1) is 0 Å². The van der Waals surface area contributed by atoms with Crippen molar-refractivity contribution in [2.45, 2.75) is 13.8 Å². The first-order valence-electron chi connectivity index (χ1n) is 4.78. The molecule has 0 aromatic heterocycles. The normalized spacial score (nSPS) is 11.0. The number of carboxylic acid groups (broad SMARTS) is 1. The topological polar surface area (TPSA) is 66.4 Å². The van der Waals surface area contributed by atoms with Gasteiger partial charge < -0.3 is 10.4 Å². The second kappa shape index (κ2) is 5.11. The summed E-state index contributed by atoms with van der Waals surface area (Å²) in [4.78, 5) is 21.4. The van der Waals surface area contributed by atoms with E-state index < -0.39 is 5.97 Å². The molecule has 1 aromatic rings. The SMILES string of the molecule is CC(=O)/C=C(\C)Nc1ccc(C(=O)O)cc1. The van der Waals surface area contributed by atoms with Gasteiger partial charge in [-0.2, -0.15) is 0 Å². The Morgan fingerprint density at radius 3 is 2.19 bits per heavy atom. The molecule has 0 aliphatic carbocycles. The van der Waals surface area contributed by atoms with Gasteiger partial charge >= 0.3 is 5.97 Å². The lowest BCUT2D eigenvalue weighted by Crippen LogP contribution is -2.00. The molecule has 4 nitrogen and oxygen atoms in total. The van der Waals surface area contributed by atoms with Crippen molar-refractivity contribution in [1.29, 1.82) is 0 Å². The molecule has 1 aromatic carbocycles. The van der Waals surface area contributed by atoms with Crippen molar-refractivity contribution in [2.24, 2.45) is 0 Å². The van der Waals surface area contributed by atoms with E-state index in [4.69, 9.17) is 5.11 Å². The van der Waals surface area contributed by atoms with Crippen LogP contribution < -0.4 is 5.32 Å². The van der Waals surface area contributed by atoms with Crippen molar-refractivity contribution in [3.05, 3.63) is 41.6 Å². The Morgan fingerprint density at radius 1 is 1.19 bits per heavy atom. The number of carbonyl (C=O) groups excluding carboxylic acids is 1. The van der Waals surface area contributed by atoms with Gasteiger partial charge in [-0.25, -0.2) is 4.79 Å². The molecule has 0 amide bonds. The third kappa shape index (κ3) is 3.57. The molecule has 0 aliphatic heterocycles. The fourth-order valence-corrected chi connectivity index (χ4v) is 1.26. The van der Waals surface area contributed by atoms with E-state index in [-0.39, 0.29) is 11.3 Å². The van der Waals surface area contributed by atoms with Gasteiger partial charge in [0.2, 0.25) is 0 Å². The smallest absolute Gasteiger partial charge is 0.335 e. The number of carboxylic acids is 1. The van der Waals surface area contributed by atoms with E-state index in [1.807, 2.05) is 0 Å². The molecule has 0 atom stereocenters. The third-order valence-electron chi connectivity index (χ3n) is 1.89. The molecule has 0 saturated heterocycles. The molecule has 0 unspecified atom stereocenters. The zero-order valence-corrected chi connectivity index (χ0v) is 9.15. The van der Waals surface area contributed by atoms with Gasteiger partial charge in [-0.1, -0.05) is 0 Å². The van der Waals surface area contributed by atoms with Crippen LogP contribution in [0.3, 0.4) is 0 Å². The van der Waals surface area contributed by atoms with Crippen molar-refractivity contribution in [3.8, 4) is 0 Å². The summed E-state index contributed by atoms with van der Waals surface area (Å²) in [5.41, 5.74) is 1.70. The standard InChI is InChI=1S/C12H13NO3/c1-8(7-9(2)14)13-11-5-3-10(4-6-11)12(15)16/h3-7,13H,1-2H3,(H,15,16)/b8-7+. The van der Waals surface area contributed by atoms with Crippen molar-refractivity contribution in [3.63, 3.8) is 0 Å². The highest BCUT2D eigenvalue weighted by Gasteiger charge is 2.01. The maximum atomic E-state index is 10.8. The molecular formula is C12H13NO3. The summed E-state index contributed by atoms with van der Waals surface area (Å²) in [6.45, 7) is 3.24. The van der Waals surface area contributed by atoms with Gasteiger partial charge in [-0.05, 0) is 44.2 Å². The Morgan fingerprint density at radius 2 is 1.75 bits per heavy atom. The average Bonchev–Trinajstić information content (AvgIpc) is 2.16. The molecule has 0 fully saturated rings. The van der Waals surface area contributed by atoms with Crippen LogP contribution in [-0.4, -0.2) is 16.9 Å². The first-order chi connectivity index (χ1) is 7.49.